The average Bonchev–Trinajstić information content (AvgIpc) is 3.66. The first-order chi connectivity index (χ1) is 27.8. The molecule has 2 heteroatoms. The fourth-order valence-electron chi connectivity index (χ4n) is 8.64. The summed E-state index contributed by atoms with van der Waals surface area (Å²) in [5, 5.41) is 10.2. The molecule has 1 heterocycles. The van der Waals surface area contributed by atoms with Crippen molar-refractivity contribution >= 4 is 80.9 Å². The number of hydrogen-bond donors (Lipinski definition) is 0. The summed E-state index contributed by atoms with van der Waals surface area (Å²) in [6.07, 6.45) is 0. The van der Waals surface area contributed by atoms with Crippen LogP contribution in [-0.2, 0) is 0 Å². The fourth-order valence-corrected chi connectivity index (χ4v) is 9.85. The van der Waals surface area contributed by atoms with Crippen molar-refractivity contribution in [2.24, 2.45) is 0 Å². The van der Waals surface area contributed by atoms with Gasteiger partial charge in [-0.3, -0.25) is 0 Å². The van der Waals surface area contributed by atoms with Gasteiger partial charge in [0.15, 0.2) is 0 Å². The Balaban J connectivity index is 1.03. The molecule has 0 N–H and O–H groups in total. The summed E-state index contributed by atoms with van der Waals surface area (Å²) in [4.78, 5) is 2.43. The van der Waals surface area contributed by atoms with E-state index in [1.807, 2.05) is 11.3 Å². The molecule has 0 atom stereocenters. The van der Waals surface area contributed by atoms with Crippen LogP contribution in [0, 0.1) is 0 Å². The van der Waals surface area contributed by atoms with E-state index in [0.29, 0.717) is 0 Å². The van der Waals surface area contributed by atoms with Gasteiger partial charge in [0.2, 0.25) is 0 Å². The number of rotatable bonds is 6. The molecule has 11 rings (SSSR count). The monoisotopic (exact) mass is 729 g/mol. The molecule has 0 unspecified atom stereocenters. The van der Waals surface area contributed by atoms with Gasteiger partial charge in [-0.1, -0.05) is 176 Å². The third-order valence-electron chi connectivity index (χ3n) is 11.3. The highest BCUT2D eigenvalue weighted by Gasteiger charge is 2.19. The quantitative estimate of drug-likeness (QED) is 0.154. The van der Waals surface area contributed by atoms with Crippen molar-refractivity contribution in [2.45, 2.75) is 0 Å². The Bertz CT molecular complexity index is 3230. The lowest BCUT2D eigenvalue weighted by molar-refractivity contribution is 1.30. The maximum atomic E-state index is 2.43. The standard InChI is InChI=1S/C54H35NS/c1-2-12-36(13-3-1)44-19-9-21-46-47-22-10-20-45(49(47)35-34-48(44)46)39-28-32-41(33-29-39)55(52-24-11-23-51-50-17-6-7-25-53(50)56-54(51)52)40-30-26-38(27-31-40)43-18-8-15-37-14-4-5-16-42(37)43/h1-35H. The molecular formula is C54H35NS. The van der Waals surface area contributed by atoms with Gasteiger partial charge in [-0.25, -0.2) is 0 Å². The Morgan fingerprint density at radius 2 is 0.750 bits per heavy atom. The van der Waals surface area contributed by atoms with Gasteiger partial charge in [0.05, 0.1) is 10.4 Å². The van der Waals surface area contributed by atoms with Gasteiger partial charge in [-0.2, -0.15) is 0 Å². The molecule has 11 aromatic rings. The molecule has 0 aliphatic carbocycles. The van der Waals surface area contributed by atoms with Crippen LogP contribution < -0.4 is 4.90 Å². The third-order valence-corrected chi connectivity index (χ3v) is 12.5. The summed E-state index contributed by atoms with van der Waals surface area (Å²) < 4.78 is 2.59. The first kappa shape index (κ1) is 32.4. The van der Waals surface area contributed by atoms with E-state index >= 15 is 0 Å². The van der Waals surface area contributed by atoms with Crippen LogP contribution in [0.3, 0.4) is 0 Å². The Kier molecular flexibility index (Phi) is 7.75. The molecule has 0 aliphatic heterocycles. The first-order valence-electron chi connectivity index (χ1n) is 19.2. The first-order valence-corrected chi connectivity index (χ1v) is 20.0. The van der Waals surface area contributed by atoms with Crippen LogP contribution in [0.5, 0.6) is 0 Å². The van der Waals surface area contributed by atoms with E-state index in [4.69, 9.17) is 0 Å². The van der Waals surface area contributed by atoms with Gasteiger partial charge in [-0.05, 0) is 102 Å². The second-order valence-electron chi connectivity index (χ2n) is 14.4. The molecule has 0 spiro atoms. The Labute approximate surface area is 330 Å². The number of fused-ring (bicyclic) bond motifs is 7. The summed E-state index contributed by atoms with van der Waals surface area (Å²) in [5.74, 6) is 0. The van der Waals surface area contributed by atoms with Gasteiger partial charge >= 0.3 is 0 Å². The molecule has 0 fully saturated rings. The highest BCUT2D eigenvalue weighted by molar-refractivity contribution is 7.26. The van der Waals surface area contributed by atoms with Crippen LogP contribution in [0.15, 0.2) is 212 Å². The molecule has 0 saturated carbocycles. The zero-order valence-electron chi connectivity index (χ0n) is 30.6. The summed E-state index contributed by atoms with van der Waals surface area (Å²) in [6.45, 7) is 0. The Morgan fingerprint density at radius 1 is 0.286 bits per heavy atom. The summed E-state index contributed by atoms with van der Waals surface area (Å²) in [6, 6.07) is 77.6. The minimum atomic E-state index is 1.12. The van der Waals surface area contributed by atoms with Crippen molar-refractivity contribution in [3.8, 4) is 33.4 Å². The molecule has 56 heavy (non-hydrogen) atoms. The van der Waals surface area contributed by atoms with Gasteiger partial charge in [0.1, 0.15) is 0 Å². The van der Waals surface area contributed by atoms with E-state index in [1.54, 1.807) is 0 Å². The molecule has 1 nitrogen and oxygen atoms in total. The van der Waals surface area contributed by atoms with E-state index < -0.39 is 0 Å². The molecule has 0 radical (unpaired) electrons. The van der Waals surface area contributed by atoms with Crippen LogP contribution in [0.4, 0.5) is 17.1 Å². The Hall–Kier alpha value is -7.00. The lowest BCUT2D eigenvalue weighted by Gasteiger charge is -2.26. The number of hydrogen-bond acceptors (Lipinski definition) is 2. The predicted molar refractivity (Wildman–Crippen MR) is 243 cm³/mol. The lowest BCUT2D eigenvalue weighted by Crippen LogP contribution is -2.10. The molecule has 10 aromatic carbocycles. The molecule has 262 valence electrons. The predicted octanol–water partition coefficient (Wildman–Crippen LogP) is 16.0. The fraction of sp³-hybridized carbons (Fsp3) is 0. The lowest BCUT2D eigenvalue weighted by atomic mass is 9.91. The topological polar surface area (TPSA) is 3.24 Å². The van der Waals surface area contributed by atoms with Crippen LogP contribution in [0.2, 0.25) is 0 Å². The van der Waals surface area contributed by atoms with Crippen molar-refractivity contribution < 1.29 is 0 Å². The Morgan fingerprint density at radius 3 is 1.41 bits per heavy atom. The number of benzene rings is 10. The zero-order chi connectivity index (χ0) is 37.0. The van der Waals surface area contributed by atoms with Crippen molar-refractivity contribution in [3.05, 3.63) is 212 Å². The maximum Gasteiger partial charge on any atom is 0.0640 e. The molecule has 1 aromatic heterocycles. The zero-order valence-corrected chi connectivity index (χ0v) is 31.4. The largest absolute Gasteiger partial charge is 0.309 e. The van der Waals surface area contributed by atoms with E-state index in [0.717, 1.165) is 11.4 Å². The van der Waals surface area contributed by atoms with Crippen molar-refractivity contribution in [2.75, 3.05) is 4.90 Å². The second kappa shape index (κ2) is 13.4. The van der Waals surface area contributed by atoms with Crippen LogP contribution in [0.25, 0.3) is 85.9 Å². The normalized spacial score (nSPS) is 11.6. The minimum absolute atomic E-state index is 1.12. The maximum absolute atomic E-state index is 2.43. The van der Waals surface area contributed by atoms with Crippen LogP contribution in [0.1, 0.15) is 0 Å². The van der Waals surface area contributed by atoms with Gasteiger partial charge in [0.25, 0.3) is 0 Å². The van der Waals surface area contributed by atoms with E-state index in [-0.39, 0.29) is 0 Å². The number of thiophene rings is 1. The number of nitrogens with zero attached hydrogens (tertiary/aromatic N) is 1. The van der Waals surface area contributed by atoms with Crippen molar-refractivity contribution in [1.29, 1.82) is 0 Å². The van der Waals surface area contributed by atoms with Crippen LogP contribution >= 0.6 is 11.3 Å². The molecule has 0 amide bonds. The average molecular weight is 730 g/mol. The SMILES string of the molecule is c1ccc(-c2cccc3c2ccc2c(-c4ccc(N(c5ccc(-c6cccc7ccccc67)cc5)c5cccc6c5sc5ccccc56)cc4)cccc23)cc1. The molecular weight excluding hydrogens is 695 g/mol. The van der Waals surface area contributed by atoms with E-state index in [9.17, 15) is 0 Å². The summed E-state index contributed by atoms with van der Waals surface area (Å²) in [5.41, 5.74) is 10.8. The second-order valence-corrected chi connectivity index (χ2v) is 15.5. The van der Waals surface area contributed by atoms with E-state index in [2.05, 4.69) is 217 Å². The highest BCUT2D eigenvalue weighted by atomic mass is 32.1. The van der Waals surface area contributed by atoms with Gasteiger partial charge in [0, 0.05) is 26.8 Å². The number of anilines is 3. The van der Waals surface area contributed by atoms with Crippen LogP contribution in [-0.4, -0.2) is 0 Å². The highest BCUT2D eigenvalue weighted by Crippen LogP contribution is 2.46. The van der Waals surface area contributed by atoms with Gasteiger partial charge < -0.3 is 4.90 Å². The molecule has 0 saturated heterocycles. The minimum Gasteiger partial charge on any atom is -0.309 e. The van der Waals surface area contributed by atoms with Gasteiger partial charge in [-0.15, -0.1) is 11.3 Å². The summed E-state index contributed by atoms with van der Waals surface area (Å²) in [7, 11) is 0. The van der Waals surface area contributed by atoms with Crippen molar-refractivity contribution in [1.82, 2.24) is 0 Å². The smallest absolute Gasteiger partial charge is 0.0640 e. The molecule has 0 aliphatic rings. The molecule has 0 bridgehead atoms. The van der Waals surface area contributed by atoms with E-state index in [1.165, 1.54) is 91.6 Å². The van der Waals surface area contributed by atoms with Crippen molar-refractivity contribution in [3.63, 3.8) is 0 Å². The summed E-state index contributed by atoms with van der Waals surface area (Å²) >= 11 is 1.87. The third kappa shape index (κ3) is 5.38.